The largest absolute Gasteiger partial charge is 0.446 e. The van der Waals surface area contributed by atoms with E-state index in [4.69, 9.17) is 4.42 Å². The van der Waals surface area contributed by atoms with Gasteiger partial charge in [-0.25, -0.2) is 10.0 Å². The van der Waals surface area contributed by atoms with Crippen molar-refractivity contribution >= 4 is 28.8 Å². The summed E-state index contributed by atoms with van der Waals surface area (Å²) in [7, 11) is 2.65. The molecule has 0 aliphatic rings. The lowest BCUT2D eigenvalue weighted by atomic mass is 10.3. The SMILES string of the molecule is CON(C)C(=O)c1nc2cc(SC(F)(F)F)ccc2o1. The first-order valence-corrected chi connectivity index (χ1v) is 6.10. The number of hydrogen-bond donors (Lipinski definition) is 0. The molecule has 1 heterocycles. The summed E-state index contributed by atoms with van der Waals surface area (Å²) < 4.78 is 42.0. The second-order valence-corrected chi connectivity index (χ2v) is 4.82. The number of nitrogens with zero attached hydrogens (tertiary/aromatic N) is 2. The molecule has 0 saturated heterocycles. The number of carbonyl (C=O) groups is 1. The molecule has 0 bridgehead atoms. The number of hydroxylamine groups is 2. The van der Waals surface area contributed by atoms with Crippen molar-refractivity contribution in [3.8, 4) is 0 Å². The van der Waals surface area contributed by atoms with Crippen LogP contribution in [0.5, 0.6) is 0 Å². The van der Waals surface area contributed by atoms with Gasteiger partial charge in [0.05, 0.1) is 7.11 Å². The van der Waals surface area contributed by atoms with Crippen molar-refractivity contribution in [2.75, 3.05) is 14.2 Å². The van der Waals surface area contributed by atoms with Crippen LogP contribution in [0.25, 0.3) is 11.1 Å². The molecular formula is C11H9F3N2O3S. The van der Waals surface area contributed by atoms with Crippen LogP contribution in [0.15, 0.2) is 27.5 Å². The van der Waals surface area contributed by atoms with Crippen LogP contribution in [0.3, 0.4) is 0 Å². The van der Waals surface area contributed by atoms with Crippen molar-refractivity contribution in [1.82, 2.24) is 10.0 Å². The van der Waals surface area contributed by atoms with Gasteiger partial charge in [0.25, 0.3) is 5.89 Å². The van der Waals surface area contributed by atoms with Crippen molar-refractivity contribution < 1.29 is 27.2 Å². The van der Waals surface area contributed by atoms with E-state index in [1.165, 1.54) is 32.4 Å². The Labute approximate surface area is 115 Å². The Bertz CT molecular complexity index is 641. The van der Waals surface area contributed by atoms with Crippen molar-refractivity contribution in [3.05, 3.63) is 24.1 Å². The first-order chi connectivity index (χ1) is 9.30. The van der Waals surface area contributed by atoms with Crippen molar-refractivity contribution in [2.24, 2.45) is 0 Å². The number of thioether (sulfide) groups is 1. The molecule has 0 saturated carbocycles. The normalized spacial score (nSPS) is 11.8. The molecule has 0 unspecified atom stereocenters. The van der Waals surface area contributed by atoms with Crippen molar-refractivity contribution in [1.29, 1.82) is 0 Å². The fourth-order valence-electron chi connectivity index (χ4n) is 1.41. The maximum atomic E-state index is 12.3. The van der Waals surface area contributed by atoms with E-state index >= 15 is 0 Å². The molecule has 2 rings (SSSR count). The van der Waals surface area contributed by atoms with Crippen LogP contribution in [0.2, 0.25) is 0 Å². The second kappa shape index (κ2) is 5.33. The van der Waals surface area contributed by atoms with Crippen LogP contribution in [0.4, 0.5) is 13.2 Å². The smallest absolute Gasteiger partial charge is 0.432 e. The Morgan fingerprint density at radius 1 is 1.45 bits per heavy atom. The zero-order valence-corrected chi connectivity index (χ0v) is 11.2. The highest BCUT2D eigenvalue weighted by atomic mass is 32.2. The maximum Gasteiger partial charge on any atom is 0.446 e. The van der Waals surface area contributed by atoms with E-state index < -0.39 is 11.4 Å². The molecule has 0 fully saturated rings. The number of benzene rings is 1. The zero-order valence-electron chi connectivity index (χ0n) is 10.4. The molecule has 0 spiro atoms. The van der Waals surface area contributed by atoms with Gasteiger partial charge in [-0.2, -0.15) is 13.2 Å². The van der Waals surface area contributed by atoms with Crippen LogP contribution in [-0.4, -0.2) is 35.6 Å². The van der Waals surface area contributed by atoms with Gasteiger partial charge in [-0.05, 0) is 30.0 Å². The lowest BCUT2D eigenvalue weighted by Crippen LogP contribution is -2.25. The second-order valence-electron chi connectivity index (χ2n) is 3.68. The van der Waals surface area contributed by atoms with E-state index in [1.54, 1.807) is 0 Å². The third-order valence-corrected chi connectivity index (χ3v) is 3.06. The monoisotopic (exact) mass is 306 g/mol. The maximum absolute atomic E-state index is 12.3. The predicted molar refractivity (Wildman–Crippen MR) is 65.0 cm³/mol. The lowest BCUT2D eigenvalue weighted by Gasteiger charge is -2.09. The molecule has 20 heavy (non-hydrogen) atoms. The van der Waals surface area contributed by atoms with E-state index in [2.05, 4.69) is 9.82 Å². The van der Waals surface area contributed by atoms with Gasteiger partial charge in [0.1, 0.15) is 5.52 Å². The third kappa shape index (κ3) is 3.23. The molecule has 0 atom stereocenters. The Hall–Kier alpha value is -1.74. The zero-order chi connectivity index (χ0) is 14.9. The molecule has 0 aliphatic heterocycles. The fourth-order valence-corrected chi connectivity index (χ4v) is 1.99. The fraction of sp³-hybridized carbons (Fsp3) is 0.273. The number of fused-ring (bicyclic) bond motifs is 1. The summed E-state index contributed by atoms with van der Waals surface area (Å²) in [4.78, 5) is 20.2. The Morgan fingerprint density at radius 3 is 2.75 bits per heavy atom. The van der Waals surface area contributed by atoms with Gasteiger partial charge in [0.15, 0.2) is 5.58 Å². The number of carbonyl (C=O) groups excluding carboxylic acids is 1. The predicted octanol–water partition coefficient (Wildman–Crippen LogP) is 3.07. The van der Waals surface area contributed by atoms with Gasteiger partial charge in [-0.3, -0.25) is 9.63 Å². The average Bonchev–Trinajstić information content (AvgIpc) is 2.77. The summed E-state index contributed by atoms with van der Waals surface area (Å²) in [6.07, 6.45) is 0. The minimum atomic E-state index is -4.38. The number of alkyl halides is 3. The lowest BCUT2D eigenvalue weighted by molar-refractivity contribution is -0.0776. The van der Waals surface area contributed by atoms with E-state index in [9.17, 15) is 18.0 Å². The molecule has 108 valence electrons. The molecule has 2 aromatic rings. The average molecular weight is 306 g/mol. The van der Waals surface area contributed by atoms with E-state index in [-0.39, 0.29) is 33.6 Å². The molecule has 5 nitrogen and oxygen atoms in total. The standard InChI is InChI=1S/C11H9F3N2O3S/c1-16(18-2)10(17)9-15-7-5-6(20-11(12,13)14)3-4-8(7)19-9/h3-5H,1-2H3. The van der Waals surface area contributed by atoms with Gasteiger partial charge in [-0.1, -0.05) is 0 Å². The summed E-state index contributed by atoms with van der Waals surface area (Å²) in [5.41, 5.74) is -3.98. The summed E-state index contributed by atoms with van der Waals surface area (Å²) in [5, 5.41) is 0.899. The summed E-state index contributed by atoms with van der Waals surface area (Å²) >= 11 is -0.258. The van der Waals surface area contributed by atoms with Crippen molar-refractivity contribution in [3.63, 3.8) is 0 Å². The minimum Gasteiger partial charge on any atom is -0.432 e. The minimum absolute atomic E-state index is 0.0302. The van der Waals surface area contributed by atoms with E-state index in [1.807, 2.05) is 0 Å². The van der Waals surface area contributed by atoms with Crippen molar-refractivity contribution in [2.45, 2.75) is 10.4 Å². The van der Waals surface area contributed by atoms with Crippen LogP contribution >= 0.6 is 11.8 Å². The van der Waals surface area contributed by atoms with Gasteiger partial charge in [0.2, 0.25) is 0 Å². The quantitative estimate of drug-likeness (QED) is 0.644. The molecule has 1 amide bonds. The highest BCUT2D eigenvalue weighted by Crippen LogP contribution is 2.37. The Morgan fingerprint density at radius 2 is 2.15 bits per heavy atom. The van der Waals surface area contributed by atoms with Gasteiger partial charge in [0, 0.05) is 11.9 Å². The van der Waals surface area contributed by atoms with Crippen LogP contribution < -0.4 is 0 Å². The number of hydrogen-bond acceptors (Lipinski definition) is 5. The molecule has 9 heteroatoms. The Kier molecular flexibility index (Phi) is 3.91. The van der Waals surface area contributed by atoms with Crippen LogP contribution in [-0.2, 0) is 4.84 Å². The first-order valence-electron chi connectivity index (χ1n) is 5.28. The summed E-state index contributed by atoms with van der Waals surface area (Å²) in [6.45, 7) is 0. The molecule has 0 N–H and O–H groups in total. The number of aromatic nitrogens is 1. The number of amides is 1. The van der Waals surface area contributed by atoms with Crippen LogP contribution in [0.1, 0.15) is 10.7 Å². The number of halogens is 3. The summed E-state index contributed by atoms with van der Waals surface area (Å²) in [6, 6.07) is 3.79. The molecular weight excluding hydrogens is 297 g/mol. The molecule has 1 aromatic carbocycles. The van der Waals surface area contributed by atoms with Gasteiger partial charge >= 0.3 is 11.4 Å². The summed E-state index contributed by atoms with van der Waals surface area (Å²) in [5.74, 6) is -0.882. The molecule has 1 aromatic heterocycles. The van der Waals surface area contributed by atoms with Gasteiger partial charge in [-0.15, -0.1) is 0 Å². The van der Waals surface area contributed by atoms with Crippen LogP contribution in [0, 0.1) is 0 Å². The molecule has 0 aliphatic carbocycles. The Balaban J connectivity index is 2.33. The number of rotatable bonds is 3. The third-order valence-electron chi connectivity index (χ3n) is 2.34. The molecule has 0 radical (unpaired) electrons. The highest BCUT2D eigenvalue weighted by Gasteiger charge is 2.29. The van der Waals surface area contributed by atoms with Gasteiger partial charge < -0.3 is 4.42 Å². The van der Waals surface area contributed by atoms with E-state index in [0.29, 0.717) is 0 Å². The topological polar surface area (TPSA) is 55.6 Å². The number of oxazole rings is 1. The van der Waals surface area contributed by atoms with E-state index in [0.717, 1.165) is 5.06 Å². The first kappa shape index (κ1) is 14.7. The highest BCUT2D eigenvalue weighted by molar-refractivity contribution is 8.00.